The third kappa shape index (κ3) is 5.33. The van der Waals surface area contributed by atoms with Crippen LogP contribution in [0.5, 0.6) is 0 Å². The molecule has 1 fully saturated rings. The molecule has 7 nitrogen and oxygen atoms in total. The Kier molecular flexibility index (Phi) is 6.81. The fraction of sp³-hybridized carbons (Fsp3) is 0.250. The van der Waals surface area contributed by atoms with Crippen LogP contribution in [0.1, 0.15) is 17.0 Å². The van der Waals surface area contributed by atoms with Gasteiger partial charge in [0.2, 0.25) is 5.91 Å². The average molecular weight is 436 g/mol. The zero-order valence-corrected chi connectivity index (χ0v) is 17.6. The van der Waals surface area contributed by atoms with E-state index in [-0.39, 0.29) is 29.4 Å². The van der Waals surface area contributed by atoms with Gasteiger partial charge in [0.25, 0.3) is 0 Å². The highest BCUT2D eigenvalue weighted by Gasteiger charge is 2.18. The molecule has 1 aliphatic heterocycles. The number of furan rings is 1. The summed E-state index contributed by atoms with van der Waals surface area (Å²) < 4.78 is 19.3. The molecule has 1 aliphatic rings. The number of nitrogens with zero attached hydrogens (tertiary/aromatic N) is 2. The van der Waals surface area contributed by atoms with Crippen LogP contribution in [0.15, 0.2) is 71.1 Å². The van der Waals surface area contributed by atoms with Crippen molar-refractivity contribution in [3.8, 4) is 11.3 Å². The molecule has 0 radical (unpaired) electrons. The second kappa shape index (κ2) is 10.1. The van der Waals surface area contributed by atoms with Crippen molar-refractivity contribution in [3.05, 3.63) is 78.3 Å². The van der Waals surface area contributed by atoms with E-state index in [1.54, 1.807) is 18.2 Å². The summed E-state index contributed by atoms with van der Waals surface area (Å²) in [5.74, 6) is -1.09. The summed E-state index contributed by atoms with van der Waals surface area (Å²) >= 11 is 0. The highest BCUT2D eigenvalue weighted by Crippen LogP contribution is 2.24. The fourth-order valence-electron chi connectivity index (χ4n) is 3.64. The number of carbonyl (C=O) groups is 2. The monoisotopic (exact) mass is 436 g/mol. The highest BCUT2D eigenvalue weighted by molar-refractivity contribution is 5.93. The molecule has 0 aliphatic carbocycles. The molecule has 166 valence electrons. The Morgan fingerprint density at radius 1 is 0.875 bits per heavy atom. The standard InChI is InChI=1S/C24H25FN4O3/c25-20-9-5-4-8-19(20)21-10-11-22(32-21)24(31)27-26-23(30)12-13-28-14-16-29(17-15-28)18-6-2-1-3-7-18/h1-11H,12-17H2,(H,26,30)(H,27,31). The van der Waals surface area contributed by atoms with Crippen LogP contribution in [0.2, 0.25) is 0 Å². The van der Waals surface area contributed by atoms with Crippen molar-refractivity contribution < 1.29 is 18.4 Å². The maximum atomic E-state index is 13.9. The number of anilines is 1. The molecule has 0 bridgehead atoms. The van der Waals surface area contributed by atoms with Crippen LogP contribution in [0.25, 0.3) is 11.3 Å². The SMILES string of the molecule is O=C(CCN1CCN(c2ccccc2)CC1)NNC(=O)c1ccc(-c2ccccc2F)o1. The van der Waals surface area contributed by atoms with Gasteiger partial charge in [0, 0.05) is 44.8 Å². The number of nitrogens with one attached hydrogen (secondary N) is 2. The van der Waals surface area contributed by atoms with E-state index in [2.05, 4.69) is 32.8 Å². The van der Waals surface area contributed by atoms with Gasteiger partial charge >= 0.3 is 5.91 Å². The number of para-hydroxylation sites is 1. The van der Waals surface area contributed by atoms with Crippen molar-refractivity contribution in [1.82, 2.24) is 15.8 Å². The van der Waals surface area contributed by atoms with Crippen molar-refractivity contribution >= 4 is 17.5 Å². The summed E-state index contributed by atoms with van der Waals surface area (Å²) in [6.45, 7) is 4.18. The van der Waals surface area contributed by atoms with E-state index >= 15 is 0 Å². The Hall–Kier alpha value is -3.65. The van der Waals surface area contributed by atoms with Crippen LogP contribution in [0, 0.1) is 5.82 Å². The first-order valence-corrected chi connectivity index (χ1v) is 10.6. The van der Waals surface area contributed by atoms with Crippen molar-refractivity contribution in [2.75, 3.05) is 37.6 Å². The van der Waals surface area contributed by atoms with Crippen LogP contribution in [-0.4, -0.2) is 49.4 Å². The first-order valence-electron chi connectivity index (χ1n) is 10.6. The van der Waals surface area contributed by atoms with E-state index in [4.69, 9.17) is 4.42 Å². The molecule has 32 heavy (non-hydrogen) atoms. The number of benzene rings is 2. The van der Waals surface area contributed by atoms with Crippen LogP contribution >= 0.6 is 0 Å². The molecule has 2 heterocycles. The molecule has 4 rings (SSSR count). The minimum atomic E-state index is -0.600. The number of hydrogen-bond acceptors (Lipinski definition) is 5. The smallest absolute Gasteiger partial charge is 0.305 e. The molecule has 2 N–H and O–H groups in total. The molecule has 2 amide bonds. The van der Waals surface area contributed by atoms with E-state index in [1.807, 2.05) is 18.2 Å². The van der Waals surface area contributed by atoms with Gasteiger partial charge in [-0.25, -0.2) is 4.39 Å². The summed E-state index contributed by atoms with van der Waals surface area (Å²) in [5.41, 5.74) is 6.23. The highest BCUT2D eigenvalue weighted by atomic mass is 19.1. The third-order valence-electron chi connectivity index (χ3n) is 5.43. The lowest BCUT2D eigenvalue weighted by molar-refractivity contribution is -0.122. The number of halogens is 1. The van der Waals surface area contributed by atoms with E-state index in [9.17, 15) is 14.0 Å². The van der Waals surface area contributed by atoms with Crippen molar-refractivity contribution in [2.45, 2.75) is 6.42 Å². The zero-order chi connectivity index (χ0) is 22.3. The van der Waals surface area contributed by atoms with Crippen molar-refractivity contribution in [1.29, 1.82) is 0 Å². The quantitative estimate of drug-likeness (QED) is 0.581. The van der Waals surface area contributed by atoms with Crippen molar-refractivity contribution in [3.63, 3.8) is 0 Å². The number of rotatable bonds is 6. The van der Waals surface area contributed by atoms with Gasteiger partial charge in [0.1, 0.15) is 11.6 Å². The number of hydrazine groups is 1. The summed E-state index contributed by atoms with van der Waals surface area (Å²) in [6, 6.07) is 19.4. The van der Waals surface area contributed by atoms with E-state index in [0.29, 0.717) is 6.54 Å². The Morgan fingerprint density at radius 3 is 2.34 bits per heavy atom. The minimum absolute atomic E-state index is 0.0133. The van der Waals surface area contributed by atoms with Crippen LogP contribution in [0.3, 0.4) is 0 Å². The molecule has 3 aromatic rings. The van der Waals surface area contributed by atoms with Gasteiger partial charge in [0.15, 0.2) is 5.76 Å². The first kappa shape index (κ1) is 21.6. The fourth-order valence-corrected chi connectivity index (χ4v) is 3.64. The molecule has 2 aromatic carbocycles. The number of hydrogen-bond donors (Lipinski definition) is 2. The summed E-state index contributed by atoms with van der Waals surface area (Å²) in [5, 5.41) is 0. The summed E-state index contributed by atoms with van der Waals surface area (Å²) in [7, 11) is 0. The minimum Gasteiger partial charge on any atom is -0.451 e. The normalized spacial score (nSPS) is 14.2. The van der Waals surface area contributed by atoms with Crippen LogP contribution < -0.4 is 15.8 Å². The maximum absolute atomic E-state index is 13.9. The third-order valence-corrected chi connectivity index (χ3v) is 5.43. The van der Waals surface area contributed by atoms with Crippen molar-refractivity contribution in [2.24, 2.45) is 0 Å². The zero-order valence-electron chi connectivity index (χ0n) is 17.6. The molecule has 0 unspecified atom stereocenters. The topological polar surface area (TPSA) is 77.8 Å². The lowest BCUT2D eigenvalue weighted by Gasteiger charge is -2.36. The molecule has 1 saturated heterocycles. The van der Waals surface area contributed by atoms with Crippen LogP contribution in [0.4, 0.5) is 10.1 Å². The van der Waals surface area contributed by atoms with E-state index < -0.39 is 11.7 Å². The molecule has 0 saturated carbocycles. The molecule has 0 atom stereocenters. The van der Waals surface area contributed by atoms with Gasteiger partial charge in [0.05, 0.1) is 5.56 Å². The molecule has 1 aromatic heterocycles. The molecule has 0 spiro atoms. The van der Waals surface area contributed by atoms with Gasteiger partial charge < -0.3 is 9.32 Å². The predicted molar refractivity (Wildman–Crippen MR) is 119 cm³/mol. The molecular formula is C24H25FN4O3. The molecule has 8 heteroatoms. The Bertz CT molecular complexity index is 1060. The number of amides is 2. The second-order valence-electron chi connectivity index (χ2n) is 7.56. The lowest BCUT2D eigenvalue weighted by atomic mass is 10.1. The summed E-state index contributed by atoms with van der Waals surface area (Å²) in [4.78, 5) is 28.9. The number of carbonyl (C=O) groups excluding carboxylic acids is 2. The predicted octanol–water partition coefficient (Wildman–Crippen LogP) is 3.06. The molecular weight excluding hydrogens is 411 g/mol. The summed E-state index contributed by atoms with van der Waals surface area (Å²) in [6.07, 6.45) is 0.268. The Balaban J connectivity index is 1.19. The van der Waals surface area contributed by atoms with Gasteiger partial charge in [-0.3, -0.25) is 25.3 Å². The van der Waals surface area contributed by atoms with E-state index in [1.165, 1.54) is 23.9 Å². The first-order chi connectivity index (χ1) is 15.6. The van der Waals surface area contributed by atoms with E-state index in [0.717, 1.165) is 26.2 Å². The van der Waals surface area contributed by atoms with Gasteiger partial charge in [-0.15, -0.1) is 0 Å². The van der Waals surface area contributed by atoms with Gasteiger partial charge in [-0.05, 0) is 36.4 Å². The van der Waals surface area contributed by atoms with Gasteiger partial charge in [-0.2, -0.15) is 0 Å². The number of piperazine rings is 1. The Morgan fingerprint density at radius 2 is 1.59 bits per heavy atom. The van der Waals surface area contributed by atoms with Crippen LogP contribution in [-0.2, 0) is 4.79 Å². The lowest BCUT2D eigenvalue weighted by Crippen LogP contribution is -2.48. The maximum Gasteiger partial charge on any atom is 0.305 e. The second-order valence-corrected chi connectivity index (χ2v) is 7.56. The largest absolute Gasteiger partial charge is 0.451 e. The Labute approximate surface area is 185 Å². The van der Waals surface area contributed by atoms with Gasteiger partial charge in [-0.1, -0.05) is 30.3 Å². The average Bonchev–Trinajstić information content (AvgIpc) is 3.32.